The van der Waals surface area contributed by atoms with Gasteiger partial charge in [-0.2, -0.15) is 0 Å². The van der Waals surface area contributed by atoms with Crippen molar-refractivity contribution >= 4 is 52.8 Å². The highest BCUT2D eigenvalue weighted by Gasteiger charge is 2.36. The third-order valence-corrected chi connectivity index (χ3v) is 6.37. The zero-order valence-corrected chi connectivity index (χ0v) is 22.8. The molecule has 4 rings (SSSR count). The fraction of sp³-hybridized carbons (Fsp3) is 0.207. The van der Waals surface area contributed by atoms with Gasteiger partial charge in [-0.3, -0.25) is 14.9 Å². The number of benzene rings is 3. The molecule has 0 saturated carbocycles. The van der Waals surface area contributed by atoms with Crippen LogP contribution in [0.1, 0.15) is 31.4 Å². The second kappa shape index (κ2) is 12.7. The Balaban J connectivity index is 1.57. The molecule has 0 radical (unpaired) electrons. The first-order chi connectivity index (χ1) is 18.8. The van der Waals surface area contributed by atoms with Gasteiger partial charge in [-0.25, -0.2) is 9.69 Å². The number of rotatable bonds is 10. The molecule has 10 heteroatoms. The second-order valence-electron chi connectivity index (χ2n) is 8.48. The first-order valence-electron chi connectivity index (χ1n) is 12.3. The number of halogens is 2. The van der Waals surface area contributed by atoms with Gasteiger partial charge in [0.1, 0.15) is 17.9 Å². The number of carbonyl (C=O) groups is 3. The van der Waals surface area contributed by atoms with Crippen molar-refractivity contribution in [1.82, 2.24) is 5.32 Å². The van der Waals surface area contributed by atoms with Gasteiger partial charge in [0, 0.05) is 0 Å². The maximum Gasteiger partial charge on any atom is 0.335 e. The Labute approximate surface area is 236 Å². The largest absolute Gasteiger partial charge is 0.494 e. The summed E-state index contributed by atoms with van der Waals surface area (Å²) in [6, 6.07) is 15.9. The Hall–Kier alpha value is -4.01. The van der Waals surface area contributed by atoms with Gasteiger partial charge in [0.05, 0.1) is 28.9 Å². The highest BCUT2D eigenvalue weighted by molar-refractivity contribution is 6.42. The Morgan fingerprint density at radius 2 is 1.62 bits per heavy atom. The van der Waals surface area contributed by atoms with Crippen LogP contribution in [0.5, 0.6) is 17.2 Å². The molecule has 0 spiro atoms. The summed E-state index contributed by atoms with van der Waals surface area (Å²) in [7, 11) is 0. The molecule has 1 heterocycles. The number of anilines is 1. The SMILES string of the molecule is CCCOc1ccc(N2C(=O)NC(=O)/C(=C/c3ccc(OCc4ccc(Cl)c(Cl)c4)c(OCC)c3)C2=O)cc1. The van der Waals surface area contributed by atoms with Crippen molar-refractivity contribution in [2.75, 3.05) is 18.1 Å². The van der Waals surface area contributed by atoms with Gasteiger partial charge in [-0.1, -0.05) is 42.3 Å². The van der Waals surface area contributed by atoms with Crippen LogP contribution in [0.15, 0.2) is 66.2 Å². The number of hydrogen-bond acceptors (Lipinski definition) is 6. The fourth-order valence-electron chi connectivity index (χ4n) is 3.76. The predicted octanol–water partition coefficient (Wildman–Crippen LogP) is 6.43. The molecule has 0 bridgehead atoms. The molecule has 1 saturated heterocycles. The third-order valence-electron chi connectivity index (χ3n) is 5.63. The summed E-state index contributed by atoms with van der Waals surface area (Å²) >= 11 is 12.1. The molecule has 0 unspecified atom stereocenters. The van der Waals surface area contributed by atoms with Crippen molar-refractivity contribution < 1.29 is 28.6 Å². The van der Waals surface area contributed by atoms with Gasteiger partial charge in [-0.15, -0.1) is 0 Å². The standard InChI is InChI=1S/C29H26Cl2N2O6/c1-3-13-38-21-9-7-20(8-10-21)33-28(35)22(27(34)32-29(33)36)14-18-6-12-25(26(16-18)37-4-2)39-17-19-5-11-23(30)24(31)15-19/h5-12,14-16H,3-4,13,17H2,1-2H3,(H,32,34,36)/b22-14-. The summed E-state index contributed by atoms with van der Waals surface area (Å²) in [6.45, 7) is 4.95. The fourth-order valence-corrected chi connectivity index (χ4v) is 4.08. The first-order valence-corrected chi connectivity index (χ1v) is 13.0. The molecule has 0 atom stereocenters. The van der Waals surface area contributed by atoms with Crippen molar-refractivity contribution in [1.29, 1.82) is 0 Å². The highest BCUT2D eigenvalue weighted by Crippen LogP contribution is 2.32. The van der Waals surface area contributed by atoms with Crippen LogP contribution in [0.4, 0.5) is 10.5 Å². The van der Waals surface area contributed by atoms with Crippen LogP contribution in [0, 0.1) is 0 Å². The van der Waals surface area contributed by atoms with Crippen molar-refractivity contribution in [3.8, 4) is 17.2 Å². The van der Waals surface area contributed by atoms with Crippen LogP contribution in [0.3, 0.4) is 0 Å². The van der Waals surface area contributed by atoms with E-state index in [2.05, 4.69) is 5.32 Å². The Bertz CT molecular complexity index is 1420. The minimum atomic E-state index is -0.828. The van der Waals surface area contributed by atoms with E-state index in [0.29, 0.717) is 51.8 Å². The summed E-state index contributed by atoms with van der Waals surface area (Å²) in [6.07, 6.45) is 2.25. The summed E-state index contributed by atoms with van der Waals surface area (Å²) in [5.41, 5.74) is 1.43. The number of urea groups is 1. The lowest BCUT2D eigenvalue weighted by molar-refractivity contribution is -0.122. The van der Waals surface area contributed by atoms with E-state index in [0.717, 1.165) is 16.9 Å². The molecule has 3 aromatic carbocycles. The first kappa shape index (κ1) is 28.0. The lowest BCUT2D eigenvalue weighted by Crippen LogP contribution is -2.54. The predicted molar refractivity (Wildman–Crippen MR) is 150 cm³/mol. The maximum atomic E-state index is 13.3. The quantitative estimate of drug-likeness (QED) is 0.224. The summed E-state index contributed by atoms with van der Waals surface area (Å²) in [4.78, 5) is 39.3. The van der Waals surface area contributed by atoms with Crippen molar-refractivity contribution in [3.63, 3.8) is 0 Å². The molecule has 0 aromatic heterocycles. The maximum absolute atomic E-state index is 13.3. The van der Waals surface area contributed by atoms with Crippen LogP contribution in [-0.2, 0) is 16.2 Å². The number of barbiturate groups is 1. The molecule has 0 aliphatic carbocycles. The van der Waals surface area contributed by atoms with Crippen LogP contribution in [0.25, 0.3) is 6.08 Å². The molecular weight excluding hydrogens is 543 g/mol. The van der Waals surface area contributed by atoms with Gasteiger partial charge >= 0.3 is 6.03 Å². The van der Waals surface area contributed by atoms with E-state index < -0.39 is 17.8 Å². The summed E-state index contributed by atoms with van der Waals surface area (Å²) in [5.74, 6) is -0.0361. The van der Waals surface area contributed by atoms with E-state index in [4.69, 9.17) is 37.4 Å². The summed E-state index contributed by atoms with van der Waals surface area (Å²) in [5, 5.41) is 3.10. The van der Waals surface area contributed by atoms with E-state index >= 15 is 0 Å². The molecule has 4 amide bonds. The average Bonchev–Trinajstić information content (AvgIpc) is 2.92. The van der Waals surface area contributed by atoms with Crippen LogP contribution in [0.2, 0.25) is 10.0 Å². The molecule has 1 fully saturated rings. The van der Waals surface area contributed by atoms with Gasteiger partial charge in [0.25, 0.3) is 11.8 Å². The number of nitrogens with zero attached hydrogens (tertiary/aromatic N) is 1. The van der Waals surface area contributed by atoms with Crippen molar-refractivity contribution in [3.05, 3.63) is 87.4 Å². The third kappa shape index (κ3) is 6.71. The topological polar surface area (TPSA) is 94.2 Å². The molecule has 1 N–H and O–H groups in total. The minimum absolute atomic E-state index is 0.201. The zero-order valence-electron chi connectivity index (χ0n) is 21.3. The number of imide groups is 2. The molecule has 8 nitrogen and oxygen atoms in total. The minimum Gasteiger partial charge on any atom is -0.494 e. The van der Waals surface area contributed by atoms with E-state index in [-0.39, 0.29) is 12.2 Å². The van der Waals surface area contributed by atoms with Gasteiger partial charge in [-0.05, 0) is 79.1 Å². The second-order valence-corrected chi connectivity index (χ2v) is 9.29. The monoisotopic (exact) mass is 568 g/mol. The molecule has 202 valence electrons. The van der Waals surface area contributed by atoms with Crippen LogP contribution >= 0.6 is 23.2 Å². The van der Waals surface area contributed by atoms with Crippen molar-refractivity contribution in [2.24, 2.45) is 0 Å². The van der Waals surface area contributed by atoms with Gasteiger partial charge in [0.15, 0.2) is 11.5 Å². The number of carbonyl (C=O) groups excluding carboxylic acids is 3. The zero-order chi connectivity index (χ0) is 27.9. The Morgan fingerprint density at radius 3 is 2.31 bits per heavy atom. The number of nitrogens with one attached hydrogen (secondary N) is 1. The lowest BCUT2D eigenvalue weighted by Gasteiger charge is -2.26. The lowest BCUT2D eigenvalue weighted by atomic mass is 10.1. The molecule has 1 aliphatic heterocycles. The Morgan fingerprint density at radius 1 is 0.846 bits per heavy atom. The number of hydrogen-bond donors (Lipinski definition) is 1. The van der Waals surface area contributed by atoms with E-state index in [1.165, 1.54) is 6.08 Å². The smallest absolute Gasteiger partial charge is 0.335 e. The molecule has 1 aliphatic rings. The Kier molecular flexibility index (Phi) is 9.11. The average molecular weight is 569 g/mol. The van der Waals surface area contributed by atoms with Crippen LogP contribution in [-0.4, -0.2) is 31.1 Å². The van der Waals surface area contributed by atoms with Gasteiger partial charge < -0.3 is 14.2 Å². The van der Waals surface area contributed by atoms with Crippen molar-refractivity contribution in [2.45, 2.75) is 26.9 Å². The van der Waals surface area contributed by atoms with E-state index in [9.17, 15) is 14.4 Å². The molecule has 39 heavy (non-hydrogen) atoms. The molecule has 3 aromatic rings. The van der Waals surface area contributed by atoms with Crippen LogP contribution < -0.4 is 24.4 Å². The molecular formula is C29H26Cl2N2O6. The highest BCUT2D eigenvalue weighted by atomic mass is 35.5. The van der Waals surface area contributed by atoms with E-state index in [1.807, 2.05) is 13.8 Å². The van der Waals surface area contributed by atoms with E-state index in [1.54, 1.807) is 60.7 Å². The number of ether oxygens (including phenoxy) is 3. The normalized spacial score (nSPS) is 14.4. The number of amides is 4. The van der Waals surface area contributed by atoms with Gasteiger partial charge in [0.2, 0.25) is 0 Å². The summed E-state index contributed by atoms with van der Waals surface area (Å²) < 4.78 is 17.2.